The second-order valence-electron chi connectivity index (χ2n) is 6.34. The molecule has 2 amide bonds. The molecule has 0 unspecified atom stereocenters. The first kappa shape index (κ1) is 18.3. The van der Waals surface area contributed by atoms with Crippen LogP contribution in [-0.2, 0) is 16.1 Å². The number of hydrogen-bond donors (Lipinski definition) is 1. The highest BCUT2D eigenvalue weighted by molar-refractivity contribution is 5.81. The number of amides is 2. The van der Waals surface area contributed by atoms with E-state index in [1.807, 2.05) is 31.2 Å². The van der Waals surface area contributed by atoms with Gasteiger partial charge < -0.3 is 15.0 Å². The van der Waals surface area contributed by atoms with E-state index in [0.717, 1.165) is 24.2 Å². The van der Waals surface area contributed by atoms with E-state index < -0.39 is 0 Å². The second kappa shape index (κ2) is 8.68. The second-order valence-corrected chi connectivity index (χ2v) is 6.34. The average molecular weight is 333 g/mol. The maximum absolute atomic E-state index is 12.3. The lowest BCUT2D eigenvalue weighted by Gasteiger charge is -2.22. The Morgan fingerprint density at radius 3 is 2.42 bits per heavy atom. The summed E-state index contributed by atoms with van der Waals surface area (Å²) in [6.07, 6.45) is 2.14. The van der Waals surface area contributed by atoms with Crippen LogP contribution in [0.3, 0.4) is 0 Å². The van der Waals surface area contributed by atoms with Crippen LogP contribution in [0.25, 0.3) is 0 Å². The van der Waals surface area contributed by atoms with Gasteiger partial charge in [0.1, 0.15) is 5.75 Å². The largest absolute Gasteiger partial charge is 0.494 e. The highest BCUT2D eigenvalue weighted by Crippen LogP contribution is 2.18. The molecule has 1 aliphatic carbocycles. The summed E-state index contributed by atoms with van der Waals surface area (Å²) in [6.45, 7) is 3.60. The molecular weight excluding hydrogens is 306 g/mol. The summed E-state index contributed by atoms with van der Waals surface area (Å²) in [5.41, 5.74) is 1.04. The third kappa shape index (κ3) is 6.20. The van der Waals surface area contributed by atoms with Crippen LogP contribution in [0, 0.1) is 0 Å². The topological polar surface area (TPSA) is 61.9 Å². The summed E-state index contributed by atoms with van der Waals surface area (Å²) in [4.78, 5) is 27.4. The Morgan fingerprint density at radius 2 is 1.83 bits per heavy atom. The molecule has 1 saturated carbocycles. The maximum Gasteiger partial charge on any atom is 0.236 e. The number of hydrogen-bond acceptors (Lipinski definition) is 4. The molecule has 6 nitrogen and oxygen atoms in total. The predicted molar refractivity (Wildman–Crippen MR) is 92.7 cm³/mol. The maximum atomic E-state index is 12.3. The van der Waals surface area contributed by atoms with Gasteiger partial charge >= 0.3 is 0 Å². The van der Waals surface area contributed by atoms with Crippen molar-refractivity contribution in [1.82, 2.24) is 15.1 Å². The lowest BCUT2D eigenvalue weighted by molar-refractivity contribution is -0.132. The fourth-order valence-corrected chi connectivity index (χ4v) is 2.37. The Hall–Kier alpha value is -2.08. The summed E-state index contributed by atoms with van der Waals surface area (Å²) in [5, 5.41) is 2.93. The number of nitrogens with zero attached hydrogens (tertiary/aromatic N) is 2. The van der Waals surface area contributed by atoms with Crippen LogP contribution >= 0.6 is 0 Å². The fraction of sp³-hybridized carbons (Fsp3) is 0.556. The highest BCUT2D eigenvalue weighted by Gasteiger charge is 2.24. The van der Waals surface area contributed by atoms with Crippen LogP contribution in [0.4, 0.5) is 0 Å². The van der Waals surface area contributed by atoms with Crippen LogP contribution in [-0.4, -0.2) is 61.4 Å². The van der Waals surface area contributed by atoms with E-state index in [1.54, 1.807) is 23.9 Å². The number of ether oxygens (including phenoxy) is 1. The quantitative estimate of drug-likeness (QED) is 0.739. The number of rotatable bonds is 9. The molecule has 1 N–H and O–H groups in total. The number of nitrogens with one attached hydrogen (secondary N) is 1. The molecule has 0 aromatic heterocycles. The van der Waals surface area contributed by atoms with Crippen LogP contribution in [0.2, 0.25) is 0 Å². The monoisotopic (exact) mass is 333 g/mol. The number of carbonyl (C=O) groups is 2. The Balaban J connectivity index is 1.74. The molecule has 0 bridgehead atoms. The summed E-state index contributed by atoms with van der Waals surface area (Å²) < 4.78 is 5.41. The van der Waals surface area contributed by atoms with Gasteiger partial charge in [-0.05, 0) is 44.5 Å². The summed E-state index contributed by atoms with van der Waals surface area (Å²) in [7, 11) is 3.56. The molecule has 0 atom stereocenters. The molecule has 1 aliphatic rings. The van der Waals surface area contributed by atoms with Crippen molar-refractivity contribution in [1.29, 1.82) is 0 Å². The van der Waals surface area contributed by atoms with Crippen LogP contribution in [0.5, 0.6) is 5.75 Å². The zero-order valence-corrected chi connectivity index (χ0v) is 14.7. The third-order valence-corrected chi connectivity index (χ3v) is 3.84. The Morgan fingerprint density at radius 1 is 1.17 bits per heavy atom. The first-order valence-corrected chi connectivity index (χ1v) is 8.41. The first-order chi connectivity index (χ1) is 11.5. The van der Waals surface area contributed by atoms with E-state index in [-0.39, 0.29) is 24.9 Å². The molecular formula is C18H27N3O3. The van der Waals surface area contributed by atoms with Gasteiger partial charge in [-0.2, -0.15) is 0 Å². The summed E-state index contributed by atoms with van der Waals surface area (Å²) in [5.74, 6) is 0.809. The van der Waals surface area contributed by atoms with E-state index in [4.69, 9.17) is 4.74 Å². The number of likely N-dealkylation sites (N-methyl/N-ethyl adjacent to an activating group) is 2. The van der Waals surface area contributed by atoms with Crippen molar-refractivity contribution in [2.24, 2.45) is 0 Å². The lowest BCUT2D eigenvalue weighted by Crippen LogP contribution is -2.41. The van der Waals surface area contributed by atoms with Gasteiger partial charge in [0.25, 0.3) is 0 Å². The van der Waals surface area contributed by atoms with E-state index in [9.17, 15) is 9.59 Å². The molecule has 0 radical (unpaired) electrons. The average Bonchev–Trinajstić information content (AvgIpc) is 3.33. The standard InChI is InChI=1S/C18H27N3O3/c1-4-24-16-9-5-14(6-10-16)11-21(3)18(23)13-20(2)12-17(22)19-15-7-8-15/h5-6,9-10,15H,4,7-8,11-13H2,1-3H3,(H,19,22). The normalized spacial score (nSPS) is 13.7. The molecule has 1 aromatic carbocycles. The van der Waals surface area contributed by atoms with Crippen molar-refractivity contribution in [2.45, 2.75) is 32.4 Å². The molecule has 132 valence electrons. The predicted octanol–water partition coefficient (Wildman–Crippen LogP) is 1.25. The van der Waals surface area contributed by atoms with E-state index in [1.165, 1.54) is 0 Å². The number of benzene rings is 1. The van der Waals surface area contributed by atoms with E-state index in [2.05, 4.69) is 5.32 Å². The highest BCUT2D eigenvalue weighted by atomic mass is 16.5. The van der Waals surface area contributed by atoms with Gasteiger partial charge in [-0.3, -0.25) is 14.5 Å². The molecule has 1 fully saturated rings. The smallest absolute Gasteiger partial charge is 0.236 e. The van der Waals surface area contributed by atoms with Gasteiger partial charge in [0.05, 0.1) is 19.7 Å². The molecule has 1 aromatic rings. The van der Waals surface area contributed by atoms with Gasteiger partial charge in [0, 0.05) is 19.6 Å². The number of carbonyl (C=O) groups excluding carboxylic acids is 2. The minimum absolute atomic E-state index is 0.00870. The van der Waals surface area contributed by atoms with Crippen LogP contribution < -0.4 is 10.1 Å². The van der Waals surface area contributed by atoms with Crippen molar-refractivity contribution in [3.05, 3.63) is 29.8 Å². The molecule has 0 spiro atoms. The molecule has 0 heterocycles. The van der Waals surface area contributed by atoms with Crippen molar-refractivity contribution >= 4 is 11.8 Å². The van der Waals surface area contributed by atoms with E-state index in [0.29, 0.717) is 19.2 Å². The van der Waals surface area contributed by atoms with Gasteiger partial charge in [-0.15, -0.1) is 0 Å². The van der Waals surface area contributed by atoms with Gasteiger partial charge in [-0.1, -0.05) is 12.1 Å². The van der Waals surface area contributed by atoms with Crippen molar-refractivity contribution < 1.29 is 14.3 Å². The van der Waals surface area contributed by atoms with Crippen LogP contribution in [0.15, 0.2) is 24.3 Å². The summed E-state index contributed by atoms with van der Waals surface area (Å²) >= 11 is 0. The Bertz CT molecular complexity index is 555. The SMILES string of the molecule is CCOc1ccc(CN(C)C(=O)CN(C)CC(=O)NC2CC2)cc1. The zero-order valence-electron chi connectivity index (χ0n) is 14.7. The molecule has 24 heavy (non-hydrogen) atoms. The van der Waals surface area contributed by atoms with Gasteiger partial charge in [-0.25, -0.2) is 0 Å². The van der Waals surface area contributed by atoms with Crippen molar-refractivity contribution in [3.8, 4) is 5.75 Å². The summed E-state index contributed by atoms with van der Waals surface area (Å²) in [6, 6.07) is 8.09. The Kier molecular flexibility index (Phi) is 6.61. The van der Waals surface area contributed by atoms with E-state index >= 15 is 0 Å². The molecule has 0 aliphatic heterocycles. The van der Waals surface area contributed by atoms with Gasteiger partial charge in [0.15, 0.2) is 0 Å². The Labute approximate surface area is 143 Å². The minimum atomic E-state index is -0.0121. The molecule has 0 saturated heterocycles. The first-order valence-electron chi connectivity index (χ1n) is 8.41. The molecule has 6 heteroatoms. The van der Waals surface area contributed by atoms with Gasteiger partial charge in [0.2, 0.25) is 11.8 Å². The van der Waals surface area contributed by atoms with Crippen LogP contribution in [0.1, 0.15) is 25.3 Å². The third-order valence-electron chi connectivity index (χ3n) is 3.84. The minimum Gasteiger partial charge on any atom is -0.494 e. The van der Waals surface area contributed by atoms with Crippen molar-refractivity contribution in [3.63, 3.8) is 0 Å². The lowest BCUT2D eigenvalue weighted by atomic mass is 10.2. The fourth-order valence-electron chi connectivity index (χ4n) is 2.37. The van der Waals surface area contributed by atoms with Crippen molar-refractivity contribution in [2.75, 3.05) is 33.8 Å². The molecule has 2 rings (SSSR count). The zero-order chi connectivity index (χ0) is 17.5.